The average molecular weight is 337 g/mol. The van der Waals surface area contributed by atoms with Crippen LogP contribution < -0.4 is 0 Å². The summed E-state index contributed by atoms with van der Waals surface area (Å²) in [6, 6.07) is 14.8. The van der Waals surface area contributed by atoms with E-state index in [4.69, 9.17) is 5.11 Å². The number of aliphatic hydroxyl groups excluding tert-OH is 1. The second-order valence-corrected chi connectivity index (χ2v) is 5.35. The molecule has 2 aromatic rings. The van der Waals surface area contributed by atoms with E-state index in [-0.39, 0.29) is 19.1 Å². The smallest absolute Gasteiger partial charge is 0.325 e. The van der Waals surface area contributed by atoms with E-state index in [9.17, 15) is 9.59 Å². The third-order valence-electron chi connectivity index (χ3n) is 3.60. The maximum atomic E-state index is 12.3. The number of hydrogen-bond donors (Lipinski definition) is 1. The molecule has 0 spiro atoms. The molecule has 0 aliphatic rings. The second-order valence-electron chi connectivity index (χ2n) is 5.35. The van der Waals surface area contributed by atoms with E-state index in [1.807, 2.05) is 36.4 Å². The zero-order valence-corrected chi connectivity index (χ0v) is 14.2. The van der Waals surface area contributed by atoms with Gasteiger partial charge in [-0.05, 0) is 35.4 Å². The molecule has 0 aromatic heterocycles. The largest absolute Gasteiger partial charge is 0.468 e. The Morgan fingerprint density at radius 2 is 1.60 bits per heavy atom. The predicted molar refractivity (Wildman–Crippen MR) is 94.8 cm³/mol. The molecule has 0 radical (unpaired) electrons. The van der Waals surface area contributed by atoms with Crippen molar-refractivity contribution in [1.82, 2.24) is 4.90 Å². The molecule has 25 heavy (non-hydrogen) atoms. The van der Waals surface area contributed by atoms with E-state index in [2.05, 4.69) is 16.6 Å². The van der Waals surface area contributed by atoms with Crippen molar-refractivity contribution in [3.63, 3.8) is 0 Å². The first kappa shape index (κ1) is 18.2. The lowest BCUT2D eigenvalue weighted by atomic mass is 10.0. The maximum absolute atomic E-state index is 12.3. The number of aliphatic hydroxyl groups is 1. The number of ether oxygens (including phenoxy) is 1. The van der Waals surface area contributed by atoms with Gasteiger partial charge in [0.1, 0.15) is 13.2 Å². The van der Waals surface area contributed by atoms with Crippen LogP contribution in [0.5, 0.6) is 0 Å². The minimum Gasteiger partial charge on any atom is -0.468 e. The number of methoxy groups -OCH3 is 1. The zero-order chi connectivity index (χ0) is 18.2. The Balaban J connectivity index is 2.11. The van der Waals surface area contributed by atoms with Crippen LogP contribution in [-0.2, 0) is 9.53 Å². The number of hydrogen-bond acceptors (Lipinski definition) is 4. The van der Waals surface area contributed by atoms with Crippen LogP contribution in [0, 0.1) is 11.8 Å². The van der Waals surface area contributed by atoms with Crippen LogP contribution in [0.1, 0.15) is 15.9 Å². The molecule has 2 rings (SSSR count). The van der Waals surface area contributed by atoms with Gasteiger partial charge in [-0.3, -0.25) is 9.59 Å². The third-order valence-corrected chi connectivity index (χ3v) is 3.60. The number of benzene rings is 2. The quantitative estimate of drug-likeness (QED) is 0.684. The fraction of sp³-hybridized carbons (Fsp3) is 0.200. The molecule has 128 valence electrons. The summed E-state index contributed by atoms with van der Waals surface area (Å²) in [6.45, 7) is -0.255. The van der Waals surface area contributed by atoms with Crippen LogP contribution >= 0.6 is 0 Å². The molecule has 1 N–H and O–H groups in total. The number of carbonyl (C=O) groups is 2. The van der Waals surface area contributed by atoms with E-state index >= 15 is 0 Å². The minimum atomic E-state index is -0.461. The van der Waals surface area contributed by atoms with Gasteiger partial charge in [-0.1, -0.05) is 36.1 Å². The van der Waals surface area contributed by atoms with Crippen LogP contribution in [0.25, 0.3) is 11.1 Å². The van der Waals surface area contributed by atoms with Gasteiger partial charge in [-0.2, -0.15) is 0 Å². The van der Waals surface area contributed by atoms with Crippen molar-refractivity contribution in [1.29, 1.82) is 0 Å². The Hall–Kier alpha value is -3.10. The van der Waals surface area contributed by atoms with Crippen LogP contribution in [0.15, 0.2) is 48.5 Å². The Morgan fingerprint density at radius 1 is 1.04 bits per heavy atom. The Kier molecular flexibility index (Phi) is 6.33. The average Bonchev–Trinajstić information content (AvgIpc) is 2.66. The molecule has 5 heteroatoms. The van der Waals surface area contributed by atoms with Crippen molar-refractivity contribution < 1.29 is 19.4 Å². The fourth-order valence-electron chi connectivity index (χ4n) is 2.24. The van der Waals surface area contributed by atoms with E-state index in [0.717, 1.165) is 16.7 Å². The van der Waals surface area contributed by atoms with Crippen molar-refractivity contribution >= 4 is 11.9 Å². The highest BCUT2D eigenvalue weighted by molar-refractivity contribution is 5.96. The van der Waals surface area contributed by atoms with E-state index in [1.54, 1.807) is 19.2 Å². The molecular weight excluding hydrogens is 318 g/mol. The van der Waals surface area contributed by atoms with Crippen molar-refractivity contribution in [2.45, 2.75) is 0 Å². The number of nitrogens with zero attached hydrogens (tertiary/aromatic N) is 1. The SMILES string of the molecule is COC(=O)CN(C)C(=O)c1ccc(-c2ccc(C#CCO)cc2)cc1. The van der Waals surface area contributed by atoms with Gasteiger partial charge in [0.05, 0.1) is 7.11 Å². The number of likely N-dealkylation sites (N-methyl/N-ethyl adjacent to an activating group) is 1. The first-order chi connectivity index (χ1) is 12.0. The molecule has 0 bridgehead atoms. The van der Waals surface area contributed by atoms with Crippen LogP contribution in [0.4, 0.5) is 0 Å². The first-order valence-electron chi connectivity index (χ1n) is 7.67. The van der Waals surface area contributed by atoms with Gasteiger partial charge in [0.15, 0.2) is 0 Å². The molecule has 0 aliphatic heterocycles. The Bertz CT molecular complexity index is 798. The van der Waals surface area contributed by atoms with E-state index < -0.39 is 5.97 Å². The lowest BCUT2D eigenvalue weighted by molar-refractivity contribution is -0.141. The molecule has 0 fully saturated rings. The van der Waals surface area contributed by atoms with Crippen molar-refractivity contribution in [3.8, 4) is 23.0 Å². The maximum Gasteiger partial charge on any atom is 0.325 e. The molecule has 0 atom stereocenters. The number of amides is 1. The van der Waals surface area contributed by atoms with Gasteiger partial charge in [0.2, 0.25) is 0 Å². The predicted octanol–water partition coefficient (Wildman–Crippen LogP) is 1.94. The van der Waals surface area contributed by atoms with Crippen molar-refractivity contribution in [2.75, 3.05) is 27.3 Å². The fourth-order valence-corrected chi connectivity index (χ4v) is 2.24. The summed E-state index contributed by atoms with van der Waals surface area (Å²) in [5.41, 5.74) is 3.29. The van der Waals surface area contributed by atoms with Gasteiger partial charge in [-0.25, -0.2) is 0 Å². The summed E-state index contributed by atoms with van der Waals surface area (Å²) in [7, 11) is 2.84. The van der Waals surface area contributed by atoms with Crippen LogP contribution in [0.2, 0.25) is 0 Å². The summed E-state index contributed by atoms with van der Waals surface area (Å²) >= 11 is 0. The summed E-state index contributed by atoms with van der Waals surface area (Å²) in [6.07, 6.45) is 0. The monoisotopic (exact) mass is 337 g/mol. The summed E-state index contributed by atoms with van der Waals surface area (Å²) in [4.78, 5) is 24.8. The normalized spacial score (nSPS) is 9.72. The molecule has 0 saturated heterocycles. The number of carbonyl (C=O) groups excluding carboxylic acids is 2. The zero-order valence-electron chi connectivity index (χ0n) is 14.2. The minimum absolute atomic E-state index is 0.0899. The molecule has 0 heterocycles. The molecule has 1 amide bonds. The lowest BCUT2D eigenvalue weighted by Gasteiger charge is -2.15. The van der Waals surface area contributed by atoms with Crippen molar-refractivity contribution in [3.05, 3.63) is 59.7 Å². The highest BCUT2D eigenvalue weighted by Crippen LogP contribution is 2.20. The lowest BCUT2D eigenvalue weighted by Crippen LogP contribution is -2.32. The van der Waals surface area contributed by atoms with E-state index in [0.29, 0.717) is 5.56 Å². The molecular formula is C20H19NO4. The van der Waals surface area contributed by atoms with Gasteiger partial charge in [0, 0.05) is 18.2 Å². The summed E-state index contributed by atoms with van der Waals surface area (Å²) < 4.78 is 4.56. The third kappa shape index (κ3) is 4.93. The van der Waals surface area contributed by atoms with Crippen LogP contribution in [-0.4, -0.2) is 49.2 Å². The van der Waals surface area contributed by atoms with Gasteiger partial charge in [0.25, 0.3) is 5.91 Å². The standard InChI is InChI=1S/C20H19NO4/c1-21(14-19(23)25-2)20(24)18-11-9-17(10-12-18)16-7-5-15(6-8-16)4-3-13-22/h5-12,22H,13-14H2,1-2H3. The van der Waals surface area contributed by atoms with Crippen molar-refractivity contribution in [2.24, 2.45) is 0 Å². The van der Waals surface area contributed by atoms with Gasteiger partial charge in [-0.15, -0.1) is 0 Å². The highest BCUT2D eigenvalue weighted by atomic mass is 16.5. The molecule has 0 saturated carbocycles. The topological polar surface area (TPSA) is 66.8 Å². The van der Waals surface area contributed by atoms with E-state index in [1.165, 1.54) is 12.0 Å². The van der Waals surface area contributed by atoms with Gasteiger partial charge < -0.3 is 14.7 Å². The Morgan fingerprint density at radius 3 is 2.12 bits per heavy atom. The summed E-state index contributed by atoms with van der Waals surface area (Å²) in [5, 5.41) is 8.70. The number of esters is 1. The molecule has 0 aliphatic carbocycles. The number of rotatable bonds is 4. The molecule has 0 unspecified atom stereocenters. The van der Waals surface area contributed by atoms with Crippen LogP contribution in [0.3, 0.4) is 0 Å². The summed E-state index contributed by atoms with van der Waals surface area (Å²) in [5.74, 6) is 4.74. The van der Waals surface area contributed by atoms with Gasteiger partial charge >= 0.3 is 5.97 Å². The first-order valence-corrected chi connectivity index (χ1v) is 7.67. The second kappa shape index (κ2) is 8.67. The molecule has 5 nitrogen and oxygen atoms in total. The highest BCUT2D eigenvalue weighted by Gasteiger charge is 2.15. The molecule has 2 aromatic carbocycles. The Labute approximate surface area is 146 Å².